The highest BCUT2D eigenvalue weighted by molar-refractivity contribution is 5.41. The van der Waals surface area contributed by atoms with Crippen molar-refractivity contribution in [3.63, 3.8) is 0 Å². The minimum absolute atomic E-state index is 0.0392. The van der Waals surface area contributed by atoms with Crippen molar-refractivity contribution in [2.45, 2.75) is 6.10 Å². The summed E-state index contributed by atoms with van der Waals surface area (Å²) in [6.45, 7) is 5.76. The van der Waals surface area contributed by atoms with E-state index in [9.17, 15) is 0 Å². The van der Waals surface area contributed by atoms with Gasteiger partial charge in [0.25, 0.3) is 0 Å². The third kappa shape index (κ3) is 1.94. The van der Waals surface area contributed by atoms with Gasteiger partial charge in [-0.25, -0.2) is 9.97 Å². The standard InChI is InChI=1S/C9H12N4O/c1-10-7-4-12-9(13-5-7)8-6-11-2-3-14-8/h4-5,8,11H,1-3,6H2. The van der Waals surface area contributed by atoms with E-state index in [2.05, 4.69) is 27.0 Å². The van der Waals surface area contributed by atoms with Gasteiger partial charge in [-0.15, -0.1) is 0 Å². The molecule has 0 saturated carbocycles. The number of morpholine rings is 1. The number of aliphatic imine (C=N–C) groups is 1. The topological polar surface area (TPSA) is 59.4 Å². The number of ether oxygens (including phenoxy) is 1. The Morgan fingerprint density at radius 1 is 1.50 bits per heavy atom. The maximum Gasteiger partial charge on any atom is 0.158 e. The van der Waals surface area contributed by atoms with E-state index in [0.29, 0.717) is 18.1 Å². The van der Waals surface area contributed by atoms with Crippen molar-refractivity contribution in [3.05, 3.63) is 18.2 Å². The zero-order chi connectivity index (χ0) is 9.80. The van der Waals surface area contributed by atoms with Crippen LogP contribution in [0, 0.1) is 0 Å². The highest BCUT2D eigenvalue weighted by Gasteiger charge is 2.17. The van der Waals surface area contributed by atoms with Gasteiger partial charge < -0.3 is 10.1 Å². The molecule has 2 heterocycles. The average molecular weight is 192 g/mol. The smallest absolute Gasteiger partial charge is 0.158 e. The molecule has 1 atom stereocenters. The molecule has 0 spiro atoms. The van der Waals surface area contributed by atoms with Crippen LogP contribution in [0.4, 0.5) is 5.69 Å². The van der Waals surface area contributed by atoms with Crippen molar-refractivity contribution >= 4 is 12.4 Å². The van der Waals surface area contributed by atoms with Crippen molar-refractivity contribution in [1.82, 2.24) is 15.3 Å². The van der Waals surface area contributed by atoms with Gasteiger partial charge >= 0.3 is 0 Å². The van der Waals surface area contributed by atoms with Crippen LogP contribution in [0.15, 0.2) is 17.4 Å². The number of rotatable bonds is 2. The molecule has 74 valence electrons. The Labute approximate surface area is 82.2 Å². The predicted octanol–water partition coefficient (Wildman–Crippen LogP) is 0.470. The summed E-state index contributed by atoms with van der Waals surface area (Å²) in [5.41, 5.74) is 0.678. The molecular weight excluding hydrogens is 180 g/mol. The van der Waals surface area contributed by atoms with E-state index in [1.165, 1.54) is 0 Å². The fourth-order valence-electron chi connectivity index (χ4n) is 1.31. The molecular formula is C9H12N4O. The second-order valence-electron chi connectivity index (χ2n) is 3.02. The first-order chi connectivity index (χ1) is 6.90. The van der Waals surface area contributed by atoms with Crippen molar-refractivity contribution < 1.29 is 4.74 Å². The minimum Gasteiger partial charge on any atom is -0.368 e. The van der Waals surface area contributed by atoms with Gasteiger partial charge in [0.05, 0.1) is 24.7 Å². The van der Waals surface area contributed by atoms with E-state index < -0.39 is 0 Å². The highest BCUT2D eigenvalue weighted by Crippen LogP contribution is 2.15. The zero-order valence-corrected chi connectivity index (χ0v) is 7.81. The van der Waals surface area contributed by atoms with Crippen LogP contribution in [0.1, 0.15) is 11.9 Å². The number of aromatic nitrogens is 2. The van der Waals surface area contributed by atoms with Crippen LogP contribution in [-0.4, -0.2) is 36.4 Å². The summed E-state index contributed by atoms with van der Waals surface area (Å²) in [7, 11) is 0. The van der Waals surface area contributed by atoms with Gasteiger partial charge in [0.15, 0.2) is 5.82 Å². The van der Waals surface area contributed by atoms with E-state index >= 15 is 0 Å². The second kappa shape index (κ2) is 4.26. The lowest BCUT2D eigenvalue weighted by Gasteiger charge is -2.21. The van der Waals surface area contributed by atoms with Gasteiger partial charge in [-0.05, 0) is 6.72 Å². The summed E-state index contributed by atoms with van der Waals surface area (Å²) in [6, 6.07) is 0. The molecule has 1 fully saturated rings. The Kier molecular flexibility index (Phi) is 2.81. The SMILES string of the molecule is C=Nc1cnc(C2CNCCO2)nc1. The molecule has 1 aliphatic rings. The zero-order valence-electron chi connectivity index (χ0n) is 7.81. The second-order valence-corrected chi connectivity index (χ2v) is 3.02. The first-order valence-electron chi connectivity index (χ1n) is 4.51. The maximum absolute atomic E-state index is 5.50. The average Bonchev–Trinajstić information content (AvgIpc) is 2.30. The number of hydrogen-bond donors (Lipinski definition) is 1. The van der Waals surface area contributed by atoms with Crippen molar-refractivity contribution in [2.75, 3.05) is 19.7 Å². The normalized spacial score (nSPS) is 21.9. The summed E-state index contributed by atoms with van der Waals surface area (Å²) >= 11 is 0. The van der Waals surface area contributed by atoms with E-state index in [-0.39, 0.29) is 6.10 Å². The van der Waals surface area contributed by atoms with E-state index in [4.69, 9.17) is 4.74 Å². The van der Waals surface area contributed by atoms with Crippen molar-refractivity contribution in [2.24, 2.45) is 4.99 Å². The molecule has 1 aliphatic heterocycles. The lowest BCUT2D eigenvalue weighted by Crippen LogP contribution is -2.34. The molecule has 0 aromatic carbocycles. The summed E-state index contributed by atoms with van der Waals surface area (Å²) in [6.07, 6.45) is 3.25. The van der Waals surface area contributed by atoms with Crippen LogP contribution in [-0.2, 0) is 4.74 Å². The van der Waals surface area contributed by atoms with Crippen LogP contribution in [0.3, 0.4) is 0 Å². The number of nitrogens with one attached hydrogen (secondary N) is 1. The molecule has 1 aromatic rings. The lowest BCUT2D eigenvalue weighted by atomic mass is 10.3. The Balaban J connectivity index is 2.11. The molecule has 1 aromatic heterocycles. The predicted molar refractivity (Wildman–Crippen MR) is 52.8 cm³/mol. The molecule has 0 amide bonds. The maximum atomic E-state index is 5.50. The molecule has 2 rings (SSSR count). The third-order valence-corrected chi connectivity index (χ3v) is 2.06. The van der Waals surface area contributed by atoms with E-state index in [0.717, 1.165) is 13.1 Å². The van der Waals surface area contributed by atoms with Crippen LogP contribution in [0.5, 0.6) is 0 Å². The first kappa shape index (κ1) is 9.23. The Bertz CT molecular complexity index is 305. The van der Waals surface area contributed by atoms with Gasteiger partial charge in [0.1, 0.15) is 6.10 Å². The van der Waals surface area contributed by atoms with Gasteiger partial charge in [0, 0.05) is 13.1 Å². The molecule has 5 nitrogen and oxygen atoms in total. The molecule has 1 saturated heterocycles. The molecule has 0 bridgehead atoms. The molecule has 1 unspecified atom stereocenters. The van der Waals surface area contributed by atoms with Crippen molar-refractivity contribution in [3.8, 4) is 0 Å². The largest absolute Gasteiger partial charge is 0.368 e. The van der Waals surface area contributed by atoms with Gasteiger partial charge in [-0.3, -0.25) is 4.99 Å². The summed E-state index contributed by atoms with van der Waals surface area (Å²) in [5.74, 6) is 0.699. The monoisotopic (exact) mass is 192 g/mol. The van der Waals surface area contributed by atoms with Gasteiger partial charge in [0.2, 0.25) is 0 Å². The molecule has 1 N–H and O–H groups in total. The van der Waals surface area contributed by atoms with E-state index in [1.54, 1.807) is 12.4 Å². The minimum atomic E-state index is -0.0392. The number of nitrogens with zero attached hydrogens (tertiary/aromatic N) is 3. The fraction of sp³-hybridized carbons (Fsp3) is 0.444. The number of hydrogen-bond acceptors (Lipinski definition) is 5. The molecule has 0 aliphatic carbocycles. The van der Waals surface area contributed by atoms with E-state index in [1.807, 2.05) is 0 Å². The van der Waals surface area contributed by atoms with Crippen LogP contribution < -0.4 is 5.32 Å². The van der Waals surface area contributed by atoms with Crippen LogP contribution >= 0.6 is 0 Å². The summed E-state index contributed by atoms with van der Waals surface area (Å²) in [5, 5.41) is 3.22. The van der Waals surface area contributed by atoms with Gasteiger partial charge in [-0.2, -0.15) is 0 Å². The summed E-state index contributed by atoms with van der Waals surface area (Å²) < 4.78 is 5.50. The quantitative estimate of drug-likeness (QED) is 0.692. The van der Waals surface area contributed by atoms with Crippen molar-refractivity contribution in [1.29, 1.82) is 0 Å². The Morgan fingerprint density at radius 3 is 2.86 bits per heavy atom. The van der Waals surface area contributed by atoms with Crippen LogP contribution in [0.2, 0.25) is 0 Å². The highest BCUT2D eigenvalue weighted by atomic mass is 16.5. The molecule has 0 radical (unpaired) electrons. The third-order valence-electron chi connectivity index (χ3n) is 2.06. The lowest BCUT2D eigenvalue weighted by molar-refractivity contribution is 0.0221. The summed E-state index contributed by atoms with van der Waals surface area (Å²) in [4.78, 5) is 12.1. The Hall–Kier alpha value is -1.33. The molecule has 14 heavy (non-hydrogen) atoms. The molecule has 5 heteroatoms. The first-order valence-corrected chi connectivity index (χ1v) is 4.51. The fourth-order valence-corrected chi connectivity index (χ4v) is 1.31. The van der Waals surface area contributed by atoms with Gasteiger partial charge in [-0.1, -0.05) is 0 Å². The van der Waals surface area contributed by atoms with Crippen LogP contribution in [0.25, 0.3) is 0 Å². The Morgan fingerprint density at radius 2 is 2.29 bits per heavy atom.